The molecule has 0 radical (unpaired) electrons. The first-order chi connectivity index (χ1) is 11.0. The van der Waals surface area contributed by atoms with E-state index in [4.69, 9.17) is 5.41 Å². The molecule has 1 aromatic carbocycles. The van der Waals surface area contributed by atoms with Crippen LogP contribution in [0.4, 0.5) is 0 Å². The van der Waals surface area contributed by atoms with Crippen LogP contribution in [-0.4, -0.2) is 22.9 Å². The summed E-state index contributed by atoms with van der Waals surface area (Å²) in [7, 11) is 0. The van der Waals surface area contributed by atoms with Gasteiger partial charge in [0.25, 0.3) is 0 Å². The van der Waals surface area contributed by atoms with Crippen molar-refractivity contribution in [3.63, 3.8) is 0 Å². The van der Waals surface area contributed by atoms with E-state index in [0.717, 1.165) is 43.2 Å². The van der Waals surface area contributed by atoms with Gasteiger partial charge in [-0.25, -0.2) is 0 Å². The van der Waals surface area contributed by atoms with Gasteiger partial charge in [-0.15, -0.1) is 0 Å². The lowest BCUT2D eigenvalue weighted by atomic mass is 9.71. The Hall–Kier alpha value is -1.97. The molecule has 1 aromatic rings. The van der Waals surface area contributed by atoms with Crippen LogP contribution in [-0.2, 0) is 16.1 Å². The van der Waals surface area contributed by atoms with Crippen molar-refractivity contribution in [1.29, 1.82) is 5.41 Å². The highest BCUT2D eigenvalue weighted by atomic mass is 16.2. The molecule has 0 heterocycles. The SMILES string of the molecule is CCC1(C(=O)N(Cc2ccc(C=N)cc2)C(C)=O)CCCCC1. The molecule has 1 N–H and O–H groups in total. The summed E-state index contributed by atoms with van der Waals surface area (Å²) in [6.45, 7) is 3.84. The van der Waals surface area contributed by atoms with Crippen LogP contribution in [0.1, 0.15) is 63.5 Å². The zero-order chi connectivity index (χ0) is 16.9. The molecule has 0 atom stereocenters. The predicted octanol–water partition coefficient (Wildman–Crippen LogP) is 3.92. The first-order valence-electron chi connectivity index (χ1n) is 8.44. The van der Waals surface area contributed by atoms with Crippen LogP contribution in [0.15, 0.2) is 24.3 Å². The van der Waals surface area contributed by atoms with Gasteiger partial charge in [0.15, 0.2) is 0 Å². The number of hydrogen-bond acceptors (Lipinski definition) is 3. The third-order valence-corrected chi connectivity index (χ3v) is 5.05. The number of hydrogen-bond donors (Lipinski definition) is 1. The van der Waals surface area contributed by atoms with Gasteiger partial charge in [-0.3, -0.25) is 14.5 Å². The number of benzene rings is 1. The molecule has 4 nitrogen and oxygen atoms in total. The maximum absolute atomic E-state index is 13.1. The van der Waals surface area contributed by atoms with Crippen LogP contribution in [0, 0.1) is 10.8 Å². The lowest BCUT2D eigenvalue weighted by Crippen LogP contribution is -2.46. The monoisotopic (exact) mass is 314 g/mol. The van der Waals surface area contributed by atoms with Crippen molar-refractivity contribution in [3.8, 4) is 0 Å². The Balaban J connectivity index is 2.20. The van der Waals surface area contributed by atoms with Crippen LogP contribution < -0.4 is 0 Å². The quantitative estimate of drug-likeness (QED) is 0.837. The molecule has 1 saturated carbocycles. The summed E-state index contributed by atoms with van der Waals surface area (Å²) in [5.41, 5.74) is 1.37. The van der Waals surface area contributed by atoms with Gasteiger partial charge in [0, 0.05) is 18.6 Å². The largest absolute Gasteiger partial charge is 0.308 e. The molecule has 0 saturated heterocycles. The van der Waals surface area contributed by atoms with E-state index in [2.05, 4.69) is 6.92 Å². The van der Waals surface area contributed by atoms with E-state index in [1.165, 1.54) is 24.5 Å². The first-order valence-corrected chi connectivity index (χ1v) is 8.44. The summed E-state index contributed by atoms with van der Waals surface area (Å²) < 4.78 is 0. The highest BCUT2D eigenvalue weighted by Crippen LogP contribution is 2.41. The number of amides is 2. The summed E-state index contributed by atoms with van der Waals surface area (Å²) in [4.78, 5) is 26.6. The molecule has 1 fully saturated rings. The van der Waals surface area contributed by atoms with Gasteiger partial charge in [-0.05, 0) is 30.4 Å². The highest BCUT2D eigenvalue weighted by molar-refractivity contribution is 5.97. The second-order valence-electron chi connectivity index (χ2n) is 6.49. The van der Waals surface area contributed by atoms with Gasteiger partial charge >= 0.3 is 0 Å². The van der Waals surface area contributed by atoms with Crippen LogP contribution in [0.2, 0.25) is 0 Å². The van der Waals surface area contributed by atoms with E-state index in [-0.39, 0.29) is 17.2 Å². The summed E-state index contributed by atoms with van der Waals surface area (Å²) >= 11 is 0. The first kappa shape index (κ1) is 17.4. The number of rotatable bonds is 5. The third-order valence-electron chi connectivity index (χ3n) is 5.05. The molecule has 0 unspecified atom stereocenters. The van der Waals surface area contributed by atoms with Crippen LogP contribution in [0.3, 0.4) is 0 Å². The normalized spacial score (nSPS) is 16.6. The highest BCUT2D eigenvalue weighted by Gasteiger charge is 2.41. The summed E-state index contributed by atoms with van der Waals surface area (Å²) in [6.07, 6.45) is 7.17. The van der Waals surface area contributed by atoms with E-state index < -0.39 is 0 Å². The molecule has 23 heavy (non-hydrogen) atoms. The van der Waals surface area contributed by atoms with Crippen LogP contribution >= 0.6 is 0 Å². The van der Waals surface area contributed by atoms with Gasteiger partial charge in [0.05, 0.1) is 6.54 Å². The van der Waals surface area contributed by atoms with Crippen LogP contribution in [0.5, 0.6) is 0 Å². The van der Waals surface area contributed by atoms with Gasteiger partial charge in [-0.2, -0.15) is 0 Å². The third kappa shape index (κ3) is 3.87. The summed E-state index contributed by atoms with van der Waals surface area (Å²) in [5, 5.41) is 7.23. The average Bonchev–Trinajstić information content (AvgIpc) is 2.60. The van der Waals surface area contributed by atoms with E-state index in [1.807, 2.05) is 24.3 Å². The number of imide groups is 1. The van der Waals surface area contributed by atoms with Gasteiger partial charge in [-0.1, -0.05) is 50.5 Å². The Morgan fingerprint density at radius 1 is 1.17 bits per heavy atom. The van der Waals surface area contributed by atoms with Gasteiger partial charge < -0.3 is 5.41 Å². The molecule has 4 heteroatoms. The Morgan fingerprint density at radius 2 is 1.78 bits per heavy atom. The molecule has 0 spiro atoms. The lowest BCUT2D eigenvalue weighted by Gasteiger charge is -2.38. The average molecular weight is 314 g/mol. The standard InChI is InChI=1S/C19H26N2O2/c1-3-19(11-5-4-6-12-19)18(23)21(15(2)22)14-17-9-7-16(13-20)8-10-17/h7-10,13,20H,3-6,11-12,14H2,1-2H3. The second kappa shape index (κ2) is 7.53. The van der Waals surface area contributed by atoms with Crippen molar-refractivity contribution in [3.05, 3.63) is 35.4 Å². The van der Waals surface area contributed by atoms with Crippen molar-refractivity contribution in [2.24, 2.45) is 5.41 Å². The fourth-order valence-corrected chi connectivity index (χ4v) is 3.46. The molecule has 2 amide bonds. The van der Waals surface area contributed by atoms with E-state index in [9.17, 15) is 9.59 Å². The van der Waals surface area contributed by atoms with Crippen molar-refractivity contribution in [1.82, 2.24) is 4.90 Å². The topological polar surface area (TPSA) is 61.2 Å². The van der Waals surface area contributed by atoms with Crippen molar-refractivity contribution < 1.29 is 9.59 Å². The molecule has 0 bridgehead atoms. The molecule has 124 valence electrons. The smallest absolute Gasteiger partial charge is 0.235 e. The number of nitrogens with one attached hydrogen (secondary N) is 1. The molecule has 1 aliphatic carbocycles. The van der Waals surface area contributed by atoms with Crippen molar-refractivity contribution in [2.75, 3.05) is 0 Å². The molecule has 0 aliphatic heterocycles. The minimum absolute atomic E-state index is 0.0108. The molecular weight excluding hydrogens is 288 g/mol. The van der Waals surface area contributed by atoms with Crippen molar-refractivity contribution >= 4 is 18.0 Å². The second-order valence-corrected chi connectivity index (χ2v) is 6.49. The van der Waals surface area contributed by atoms with E-state index >= 15 is 0 Å². The van der Waals surface area contributed by atoms with Crippen molar-refractivity contribution in [2.45, 2.75) is 58.9 Å². The summed E-state index contributed by atoms with van der Waals surface area (Å²) in [6, 6.07) is 7.43. The molecular formula is C19H26N2O2. The number of carbonyl (C=O) groups is 2. The fraction of sp³-hybridized carbons (Fsp3) is 0.526. The molecule has 2 rings (SSSR count). The fourth-order valence-electron chi connectivity index (χ4n) is 3.46. The Morgan fingerprint density at radius 3 is 2.26 bits per heavy atom. The lowest BCUT2D eigenvalue weighted by molar-refractivity contribution is -0.153. The number of nitrogens with zero attached hydrogens (tertiary/aromatic N) is 1. The van der Waals surface area contributed by atoms with E-state index in [1.54, 1.807) is 0 Å². The Kier molecular flexibility index (Phi) is 5.69. The summed E-state index contributed by atoms with van der Waals surface area (Å²) in [5.74, 6) is -0.201. The Bertz CT molecular complexity index is 572. The minimum Gasteiger partial charge on any atom is -0.308 e. The van der Waals surface area contributed by atoms with Crippen LogP contribution in [0.25, 0.3) is 0 Å². The maximum Gasteiger partial charge on any atom is 0.235 e. The van der Waals surface area contributed by atoms with Gasteiger partial charge in [0.1, 0.15) is 0 Å². The molecule has 0 aromatic heterocycles. The molecule has 1 aliphatic rings. The predicted molar refractivity (Wildman–Crippen MR) is 91.4 cm³/mol. The zero-order valence-electron chi connectivity index (χ0n) is 14.1. The maximum atomic E-state index is 13.1. The minimum atomic E-state index is -0.362. The van der Waals surface area contributed by atoms with E-state index in [0.29, 0.717) is 6.54 Å². The van der Waals surface area contributed by atoms with Gasteiger partial charge in [0.2, 0.25) is 11.8 Å². The number of carbonyl (C=O) groups excluding carboxylic acids is 2. The zero-order valence-corrected chi connectivity index (χ0v) is 14.1. The Labute approximate surface area is 138 Å².